The van der Waals surface area contributed by atoms with Gasteiger partial charge in [-0.05, 0) is 68.7 Å². The number of rotatable bonds is 11. The number of nitrogens with one attached hydrogen (secondary N) is 1. The lowest BCUT2D eigenvalue weighted by Crippen LogP contribution is -2.52. The molecule has 0 bridgehead atoms. The lowest BCUT2D eigenvalue weighted by atomic mass is 10.1. The van der Waals surface area contributed by atoms with Gasteiger partial charge in [0.2, 0.25) is 11.8 Å². The lowest BCUT2D eigenvalue weighted by Gasteiger charge is -2.33. The Kier molecular flexibility index (Phi) is 9.94. The summed E-state index contributed by atoms with van der Waals surface area (Å²) >= 11 is 6.15. The number of amides is 2. The highest BCUT2D eigenvalue weighted by Gasteiger charge is 2.34. The molecule has 7 nitrogen and oxygen atoms in total. The van der Waals surface area contributed by atoms with E-state index in [-0.39, 0.29) is 17.3 Å². The van der Waals surface area contributed by atoms with Crippen molar-refractivity contribution < 1.29 is 18.0 Å². The Morgan fingerprint density at radius 3 is 2.18 bits per heavy atom. The van der Waals surface area contributed by atoms with Crippen molar-refractivity contribution in [3.63, 3.8) is 0 Å². The molecule has 0 radical (unpaired) electrons. The van der Waals surface area contributed by atoms with Gasteiger partial charge in [-0.25, -0.2) is 8.42 Å². The number of carbonyl (C=O) groups excluding carboxylic acids is 2. The van der Waals surface area contributed by atoms with Crippen molar-refractivity contribution in [2.75, 3.05) is 17.4 Å². The molecule has 0 saturated heterocycles. The zero-order valence-corrected chi connectivity index (χ0v) is 23.7. The zero-order chi connectivity index (χ0) is 27.9. The zero-order valence-electron chi connectivity index (χ0n) is 22.1. The predicted molar refractivity (Wildman–Crippen MR) is 152 cm³/mol. The van der Waals surface area contributed by atoms with E-state index in [2.05, 4.69) is 5.32 Å². The molecular formula is C29H34ClN3O4S. The van der Waals surface area contributed by atoms with E-state index in [9.17, 15) is 18.0 Å². The molecule has 0 aliphatic carbocycles. The van der Waals surface area contributed by atoms with Gasteiger partial charge in [-0.15, -0.1) is 0 Å². The number of sulfonamides is 1. The Bertz CT molecular complexity index is 1360. The maximum atomic E-state index is 14.0. The summed E-state index contributed by atoms with van der Waals surface area (Å²) in [4.78, 5) is 28.4. The average molecular weight is 556 g/mol. The Balaban J connectivity index is 2.08. The van der Waals surface area contributed by atoms with E-state index in [0.29, 0.717) is 29.2 Å². The number of hydrogen-bond acceptors (Lipinski definition) is 4. The van der Waals surface area contributed by atoms with Crippen LogP contribution in [0.15, 0.2) is 77.7 Å². The van der Waals surface area contributed by atoms with Crippen LogP contribution in [-0.2, 0) is 26.2 Å². The molecule has 1 unspecified atom stereocenters. The quantitative estimate of drug-likeness (QED) is 0.357. The predicted octanol–water partition coefficient (Wildman–Crippen LogP) is 5.10. The number of carbonyl (C=O) groups is 2. The van der Waals surface area contributed by atoms with E-state index in [1.807, 2.05) is 51.1 Å². The maximum absolute atomic E-state index is 14.0. The first-order valence-electron chi connectivity index (χ1n) is 12.5. The van der Waals surface area contributed by atoms with Gasteiger partial charge in [0.05, 0.1) is 10.6 Å². The fraction of sp³-hybridized carbons (Fsp3) is 0.310. The topological polar surface area (TPSA) is 86.8 Å². The smallest absolute Gasteiger partial charge is 0.264 e. The molecule has 0 heterocycles. The van der Waals surface area contributed by atoms with Gasteiger partial charge in [-0.3, -0.25) is 13.9 Å². The Hall–Kier alpha value is -3.36. The first-order chi connectivity index (χ1) is 18.1. The summed E-state index contributed by atoms with van der Waals surface area (Å²) in [6.07, 6.45) is 0.370. The van der Waals surface area contributed by atoms with Gasteiger partial charge in [0.25, 0.3) is 10.0 Å². The second kappa shape index (κ2) is 12.9. The summed E-state index contributed by atoms with van der Waals surface area (Å²) in [6.45, 7) is 7.35. The Labute approximate surface area is 230 Å². The van der Waals surface area contributed by atoms with Crippen LogP contribution in [0.2, 0.25) is 5.02 Å². The number of aryl methyl sites for hydroxylation is 2. The highest BCUT2D eigenvalue weighted by Crippen LogP contribution is 2.29. The maximum Gasteiger partial charge on any atom is 0.264 e. The van der Waals surface area contributed by atoms with Crippen molar-refractivity contribution in [2.45, 2.75) is 51.6 Å². The number of anilines is 1. The third kappa shape index (κ3) is 6.94. The fourth-order valence-corrected chi connectivity index (χ4v) is 5.95. The standard InChI is InChI=1S/C29H34ClN3O4S/c1-5-26(29(35)31-6-2)32(19-23-10-8-7-9-11-23)28(34)20-33(27-17-14-24(30)18-22(27)4)38(36,37)25-15-12-21(3)13-16-25/h7-18,26H,5-6,19-20H2,1-4H3,(H,31,35). The van der Waals surface area contributed by atoms with Crippen LogP contribution in [0.3, 0.4) is 0 Å². The molecule has 0 aromatic heterocycles. The number of benzene rings is 3. The normalized spacial score (nSPS) is 12.0. The summed E-state index contributed by atoms with van der Waals surface area (Å²) < 4.78 is 28.9. The summed E-state index contributed by atoms with van der Waals surface area (Å²) in [6, 6.07) is 19.9. The average Bonchev–Trinajstić information content (AvgIpc) is 2.88. The number of nitrogens with zero attached hydrogens (tertiary/aromatic N) is 2. The van der Waals surface area contributed by atoms with Crippen molar-refractivity contribution in [2.24, 2.45) is 0 Å². The summed E-state index contributed by atoms with van der Waals surface area (Å²) in [5.74, 6) is -0.771. The van der Waals surface area contributed by atoms with Crippen LogP contribution < -0.4 is 9.62 Å². The van der Waals surface area contributed by atoms with Crippen molar-refractivity contribution >= 4 is 39.1 Å². The highest BCUT2D eigenvalue weighted by atomic mass is 35.5. The van der Waals surface area contributed by atoms with Gasteiger partial charge < -0.3 is 10.2 Å². The van der Waals surface area contributed by atoms with Crippen LogP contribution in [0.5, 0.6) is 0 Å². The van der Waals surface area contributed by atoms with Gasteiger partial charge in [0, 0.05) is 18.1 Å². The molecule has 9 heteroatoms. The third-order valence-corrected chi connectivity index (χ3v) is 8.26. The van der Waals surface area contributed by atoms with Crippen LogP contribution in [0.25, 0.3) is 0 Å². The largest absolute Gasteiger partial charge is 0.355 e. The molecule has 3 aromatic rings. The molecule has 1 N–H and O–H groups in total. The summed E-state index contributed by atoms with van der Waals surface area (Å²) in [5.41, 5.74) is 2.69. The van der Waals surface area contributed by atoms with E-state index in [1.165, 1.54) is 17.0 Å². The Morgan fingerprint density at radius 1 is 0.947 bits per heavy atom. The van der Waals surface area contributed by atoms with Crippen LogP contribution in [-0.4, -0.2) is 44.3 Å². The van der Waals surface area contributed by atoms with Crippen molar-refractivity contribution in [3.05, 3.63) is 94.5 Å². The van der Waals surface area contributed by atoms with Crippen LogP contribution in [0.4, 0.5) is 5.69 Å². The summed E-state index contributed by atoms with van der Waals surface area (Å²) in [5, 5.41) is 3.26. The van der Waals surface area contributed by atoms with Gasteiger partial charge in [-0.2, -0.15) is 0 Å². The lowest BCUT2D eigenvalue weighted by molar-refractivity contribution is -0.140. The molecule has 0 aliphatic rings. The van der Waals surface area contributed by atoms with Crippen molar-refractivity contribution in [3.8, 4) is 0 Å². The van der Waals surface area contributed by atoms with Gasteiger partial charge >= 0.3 is 0 Å². The molecule has 0 fully saturated rings. The fourth-order valence-electron chi connectivity index (χ4n) is 4.24. The molecule has 0 saturated carbocycles. The van der Waals surface area contributed by atoms with Crippen LogP contribution in [0.1, 0.15) is 37.0 Å². The van der Waals surface area contributed by atoms with E-state index < -0.39 is 28.5 Å². The van der Waals surface area contributed by atoms with Gasteiger partial charge in [0.1, 0.15) is 12.6 Å². The molecule has 3 rings (SSSR count). The molecular weight excluding hydrogens is 522 g/mol. The van der Waals surface area contributed by atoms with E-state index in [4.69, 9.17) is 11.6 Å². The second-order valence-corrected chi connectivity index (χ2v) is 11.4. The van der Waals surface area contributed by atoms with E-state index >= 15 is 0 Å². The minimum absolute atomic E-state index is 0.0654. The third-order valence-electron chi connectivity index (χ3n) is 6.25. The molecule has 1 atom stereocenters. The van der Waals surface area contributed by atoms with E-state index in [1.54, 1.807) is 37.3 Å². The molecule has 0 aliphatic heterocycles. The Morgan fingerprint density at radius 2 is 1.61 bits per heavy atom. The van der Waals surface area contributed by atoms with Gasteiger partial charge in [0.15, 0.2) is 0 Å². The SMILES string of the molecule is CCNC(=O)C(CC)N(Cc1ccccc1)C(=O)CN(c1ccc(Cl)cc1C)S(=O)(=O)c1ccc(C)cc1. The van der Waals surface area contributed by atoms with Crippen LogP contribution in [0, 0.1) is 13.8 Å². The number of halogens is 1. The van der Waals surface area contributed by atoms with Crippen LogP contribution >= 0.6 is 11.6 Å². The van der Waals surface area contributed by atoms with Crippen molar-refractivity contribution in [1.82, 2.24) is 10.2 Å². The van der Waals surface area contributed by atoms with Gasteiger partial charge in [-0.1, -0.05) is 66.6 Å². The monoisotopic (exact) mass is 555 g/mol. The summed E-state index contributed by atoms with van der Waals surface area (Å²) in [7, 11) is -4.13. The second-order valence-electron chi connectivity index (χ2n) is 9.08. The molecule has 38 heavy (non-hydrogen) atoms. The molecule has 3 aromatic carbocycles. The number of likely N-dealkylation sites (N-methyl/N-ethyl adjacent to an activating group) is 1. The molecule has 202 valence electrons. The van der Waals surface area contributed by atoms with Crippen molar-refractivity contribution in [1.29, 1.82) is 0 Å². The minimum Gasteiger partial charge on any atom is -0.355 e. The molecule has 2 amide bonds. The number of hydrogen-bond donors (Lipinski definition) is 1. The minimum atomic E-state index is -4.13. The first-order valence-corrected chi connectivity index (χ1v) is 14.4. The highest BCUT2D eigenvalue weighted by molar-refractivity contribution is 7.92. The molecule has 0 spiro atoms. The van der Waals surface area contributed by atoms with E-state index in [0.717, 1.165) is 15.4 Å². The first kappa shape index (κ1) is 29.2.